The molecule has 0 bridgehead atoms. The van der Waals surface area contributed by atoms with Crippen LogP contribution in [0.25, 0.3) is 22.2 Å². The fourth-order valence-electron chi connectivity index (χ4n) is 3.62. The normalized spacial score (nSPS) is 13.4. The molecule has 2 N–H and O–H groups in total. The molecule has 4 aromatic rings. The number of amidine groups is 1. The van der Waals surface area contributed by atoms with Crippen LogP contribution >= 0.6 is 15.9 Å². The summed E-state index contributed by atoms with van der Waals surface area (Å²) in [6, 6.07) is 20.3. The van der Waals surface area contributed by atoms with Crippen molar-refractivity contribution in [2.45, 2.75) is 13.3 Å². The van der Waals surface area contributed by atoms with Crippen LogP contribution in [0.1, 0.15) is 18.2 Å². The van der Waals surface area contributed by atoms with Gasteiger partial charge in [-0.25, -0.2) is 4.99 Å². The van der Waals surface area contributed by atoms with Crippen molar-refractivity contribution in [1.82, 2.24) is 15.4 Å². The number of rotatable bonds is 2. The highest BCUT2D eigenvalue weighted by Crippen LogP contribution is 2.39. The van der Waals surface area contributed by atoms with E-state index >= 15 is 0 Å². The fourth-order valence-corrected chi connectivity index (χ4v) is 3.98. The van der Waals surface area contributed by atoms with Crippen molar-refractivity contribution >= 4 is 44.1 Å². The first-order valence-corrected chi connectivity index (χ1v) is 10.2. The van der Waals surface area contributed by atoms with Crippen LogP contribution in [-0.2, 0) is 6.42 Å². The molecule has 0 spiro atoms. The van der Waals surface area contributed by atoms with E-state index in [1.807, 2.05) is 43.3 Å². The van der Waals surface area contributed by atoms with Crippen LogP contribution in [0.5, 0.6) is 0 Å². The lowest BCUT2D eigenvalue weighted by molar-refractivity contribution is 0.986. The number of aromatic nitrogens is 2. The predicted octanol–water partition coefficient (Wildman–Crippen LogP) is 5.59. The molecule has 2 aromatic carbocycles. The molecule has 6 heteroatoms. The predicted molar refractivity (Wildman–Crippen MR) is 122 cm³/mol. The summed E-state index contributed by atoms with van der Waals surface area (Å²) in [4.78, 5) is 12.8. The van der Waals surface area contributed by atoms with Crippen LogP contribution in [0.2, 0.25) is 0 Å². The molecule has 1 aliphatic rings. The molecule has 1 aliphatic heterocycles. The molecule has 5 rings (SSSR count). The van der Waals surface area contributed by atoms with Crippen molar-refractivity contribution in [3.05, 3.63) is 82.6 Å². The van der Waals surface area contributed by atoms with Gasteiger partial charge in [-0.15, -0.1) is 0 Å². The average Bonchev–Trinajstić information content (AvgIpc) is 3.01. The summed E-state index contributed by atoms with van der Waals surface area (Å²) in [6.45, 7) is 1.94. The molecular formula is C23H18BrN5. The third kappa shape index (κ3) is 3.36. The number of hydrazone groups is 1. The smallest absolute Gasteiger partial charge is 0.127 e. The lowest BCUT2D eigenvalue weighted by Gasteiger charge is -2.06. The summed E-state index contributed by atoms with van der Waals surface area (Å²) < 4.78 is 1.06. The monoisotopic (exact) mass is 443 g/mol. The average molecular weight is 444 g/mol. The Bertz CT molecular complexity index is 1270. The van der Waals surface area contributed by atoms with E-state index < -0.39 is 0 Å². The zero-order valence-electron chi connectivity index (χ0n) is 15.8. The van der Waals surface area contributed by atoms with Gasteiger partial charge in [-0.2, -0.15) is 5.10 Å². The van der Waals surface area contributed by atoms with Crippen LogP contribution in [0.4, 0.5) is 5.69 Å². The van der Waals surface area contributed by atoms with Crippen LogP contribution in [0, 0.1) is 0 Å². The van der Waals surface area contributed by atoms with Crippen LogP contribution in [0.15, 0.2) is 81.4 Å². The Kier molecular flexibility index (Phi) is 4.48. The zero-order chi connectivity index (χ0) is 19.8. The second-order valence-electron chi connectivity index (χ2n) is 6.94. The van der Waals surface area contributed by atoms with E-state index in [1.165, 1.54) is 10.9 Å². The van der Waals surface area contributed by atoms with Crippen molar-refractivity contribution in [1.29, 1.82) is 0 Å². The largest absolute Gasteiger partial charge is 0.354 e. The molecule has 2 aromatic heterocycles. The highest BCUT2D eigenvalue weighted by molar-refractivity contribution is 9.10. The molecule has 0 atom stereocenters. The molecule has 0 unspecified atom stereocenters. The molecule has 0 saturated heterocycles. The maximum atomic E-state index is 4.87. The Labute approximate surface area is 176 Å². The number of benzene rings is 2. The number of hydrogen-bond acceptors (Lipinski definition) is 4. The summed E-state index contributed by atoms with van der Waals surface area (Å²) in [5.74, 6) is 0.798. The number of hydrogen-bond donors (Lipinski definition) is 2. The van der Waals surface area contributed by atoms with Gasteiger partial charge in [0.25, 0.3) is 0 Å². The lowest BCUT2D eigenvalue weighted by atomic mass is 10.0. The van der Waals surface area contributed by atoms with Crippen LogP contribution < -0.4 is 5.43 Å². The molecular weight excluding hydrogens is 426 g/mol. The number of aromatic amines is 1. The Morgan fingerprint density at radius 2 is 1.97 bits per heavy atom. The minimum atomic E-state index is 0.652. The molecule has 0 radical (unpaired) electrons. The molecule has 3 heterocycles. The van der Waals surface area contributed by atoms with Crippen molar-refractivity contribution < 1.29 is 0 Å². The lowest BCUT2D eigenvalue weighted by Crippen LogP contribution is -2.21. The number of nitrogens with one attached hydrogen (secondary N) is 2. The summed E-state index contributed by atoms with van der Waals surface area (Å²) in [6.07, 6.45) is 2.42. The molecule has 142 valence electrons. The summed E-state index contributed by atoms with van der Waals surface area (Å²) in [5.41, 5.74) is 10.3. The molecule has 0 saturated carbocycles. The number of halogens is 1. The van der Waals surface area contributed by atoms with Gasteiger partial charge in [0.05, 0.1) is 22.8 Å². The van der Waals surface area contributed by atoms with Gasteiger partial charge in [0.1, 0.15) is 5.84 Å². The second-order valence-corrected chi connectivity index (χ2v) is 7.86. The molecule has 0 aliphatic carbocycles. The van der Waals surface area contributed by atoms with Gasteiger partial charge in [-0.05, 0) is 48.9 Å². The van der Waals surface area contributed by atoms with Crippen molar-refractivity contribution in [2.75, 3.05) is 0 Å². The van der Waals surface area contributed by atoms with Crippen molar-refractivity contribution in [3.63, 3.8) is 0 Å². The van der Waals surface area contributed by atoms with E-state index in [-0.39, 0.29) is 0 Å². The fraction of sp³-hybridized carbons (Fsp3) is 0.0870. The first-order chi connectivity index (χ1) is 14.2. The molecule has 5 nitrogen and oxygen atoms in total. The zero-order valence-corrected chi connectivity index (χ0v) is 17.4. The minimum Gasteiger partial charge on any atom is -0.354 e. The van der Waals surface area contributed by atoms with E-state index in [2.05, 4.69) is 60.7 Å². The first kappa shape index (κ1) is 17.8. The van der Waals surface area contributed by atoms with Gasteiger partial charge in [0.2, 0.25) is 0 Å². The quantitative estimate of drug-likeness (QED) is 0.313. The topological polar surface area (TPSA) is 65.4 Å². The maximum absolute atomic E-state index is 4.87. The van der Waals surface area contributed by atoms with E-state index in [9.17, 15) is 0 Å². The van der Waals surface area contributed by atoms with Crippen molar-refractivity contribution in [3.8, 4) is 11.3 Å². The van der Waals surface area contributed by atoms with Crippen LogP contribution in [-0.4, -0.2) is 21.5 Å². The van der Waals surface area contributed by atoms with E-state index in [1.54, 1.807) is 6.20 Å². The SMILES string of the molecule is C/C(=N\NC1=Nc2ccccc2-c2[nH]c3ccc(Br)cc3c2C1)c1ccccn1. The van der Waals surface area contributed by atoms with Gasteiger partial charge >= 0.3 is 0 Å². The third-order valence-electron chi connectivity index (χ3n) is 5.03. The number of para-hydroxylation sites is 1. The van der Waals surface area contributed by atoms with Crippen LogP contribution in [0.3, 0.4) is 0 Å². The summed E-state index contributed by atoms with van der Waals surface area (Å²) >= 11 is 3.60. The van der Waals surface area contributed by atoms with Gasteiger partial charge in [0, 0.05) is 33.6 Å². The number of H-pyrrole nitrogens is 1. The Morgan fingerprint density at radius 1 is 1.10 bits per heavy atom. The van der Waals surface area contributed by atoms with E-state index in [0.717, 1.165) is 44.2 Å². The first-order valence-electron chi connectivity index (χ1n) is 9.38. The second kappa shape index (κ2) is 7.29. The molecule has 0 amide bonds. The number of pyridine rings is 1. The van der Waals surface area contributed by atoms with Gasteiger partial charge in [-0.3, -0.25) is 10.4 Å². The third-order valence-corrected chi connectivity index (χ3v) is 5.52. The number of fused-ring (bicyclic) bond motifs is 5. The molecule has 0 fully saturated rings. The summed E-state index contributed by atoms with van der Waals surface area (Å²) in [7, 11) is 0. The van der Waals surface area contributed by atoms with E-state index in [0.29, 0.717) is 6.42 Å². The standard InChI is InChI=1S/C23H18BrN5/c1-14(19-7-4-5-11-25-19)28-29-22-13-18-17-12-15(24)9-10-21(17)27-23(18)16-6-2-3-8-20(16)26-22/h2-12,27H,13H2,1H3,(H,26,29)/b28-14+. The van der Waals surface area contributed by atoms with E-state index in [4.69, 9.17) is 4.99 Å². The Morgan fingerprint density at radius 3 is 2.83 bits per heavy atom. The molecule has 29 heavy (non-hydrogen) atoms. The van der Waals surface area contributed by atoms with Gasteiger partial charge in [0.15, 0.2) is 0 Å². The Balaban J connectivity index is 1.59. The van der Waals surface area contributed by atoms with Crippen molar-refractivity contribution in [2.24, 2.45) is 10.1 Å². The van der Waals surface area contributed by atoms with Gasteiger partial charge < -0.3 is 4.98 Å². The Hall–Kier alpha value is -3.25. The highest BCUT2D eigenvalue weighted by atomic mass is 79.9. The minimum absolute atomic E-state index is 0.652. The summed E-state index contributed by atoms with van der Waals surface area (Å²) in [5, 5.41) is 5.73. The van der Waals surface area contributed by atoms with Gasteiger partial charge in [-0.1, -0.05) is 40.2 Å². The highest BCUT2D eigenvalue weighted by Gasteiger charge is 2.21. The number of aliphatic imine (C=N–C) groups is 1. The number of nitrogens with zero attached hydrogens (tertiary/aromatic N) is 3. The maximum Gasteiger partial charge on any atom is 0.127 e.